The van der Waals surface area contributed by atoms with E-state index in [4.69, 9.17) is 4.98 Å². The second kappa shape index (κ2) is 10.2. The van der Waals surface area contributed by atoms with Crippen LogP contribution in [0.1, 0.15) is 55.1 Å². The van der Waals surface area contributed by atoms with Gasteiger partial charge in [-0.1, -0.05) is 57.2 Å². The molecule has 0 N–H and O–H groups in total. The normalized spacial score (nSPS) is 16.2. The summed E-state index contributed by atoms with van der Waals surface area (Å²) in [6.07, 6.45) is 3.56. The third kappa shape index (κ3) is 5.41. The number of rotatable bonds is 6. The smallest absolute Gasteiger partial charge is 0.258 e. The van der Waals surface area contributed by atoms with Crippen molar-refractivity contribution in [2.24, 2.45) is 0 Å². The minimum absolute atomic E-state index is 0.0747. The van der Waals surface area contributed by atoms with Crippen LogP contribution in [-0.2, 0) is 12.0 Å². The van der Waals surface area contributed by atoms with Crippen molar-refractivity contribution in [1.29, 1.82) is 0 Å². The summed E-state index contributed by atoms with van der Waals surface area (Å²) in [6, 6.07) is 15.2. The zero-order valence-electron chi connectivity index (χ0n) is 21.2. The van der Waals surface area contributed by atoms with Gasteiger partial charge in [0.1, 0.15) is 5.82 Å². The highest BCUT2D eigenvalue weighted by Crippen LogP contribution is 2.33. The summed E-state index contributed by atoms with van der Waals surface area (Å²) < 4.78 is 14.9. The van der Waals surface area contributed by atoms with Gasteiger partial charge in [-0.15, -0.1) is 0 Å². The molecule has 0 atom stereocenters. The summed E-state index contributed by atoms with van der Waals surface area (Å²) in [5, 5.41) is 0. The molecule has 1 aliphatic carbocycles. The van der Waals surface area contributed by atoms with Crippen molar-refractivity contribution in [2.45, 2.75) is 51.6 Å². The van der Waals surface area contributed by atoms with E-state index >= 15 is 0 Å². The number of anilines is 1. The molecule has 1 saturated carbocycles. The number of nitrogens with zero attached hydrogens (tertiary/aromatic N) is 4. The standard InChI is InChI=1S/C29H33FN4OS/c1-29(2,3)21-10-8-20(9-11-21)19-34(22-12-13-22)27(35)24-18-31-28(33-14-16-36-17-15-33)32-26(24)23-6-4-5-7-25(23)30/h4-11,18,22H,12-17,19H2,1-3H3. The molecule has 1 amide bonds. The van der Waals surface area contributed by atoms with Crippen LogP contribution in [-0.4, -0.2) is 51.4 Å². The van der Waals surface area contributed by atoms with E-state index in [9.17, 15) is 9.18 Å². The van der Waals surface area contributed by atoms with E-state index in [0.717, 1.165) is 43.0 Å². The molecule has 0 bridgehead atoms. The molecule has 2 heterocycles. The Morgan fingerprint density at radius 1 is 1.08 bits per heavy atom. The van der Waals surface area contributed by atoms with E-state index in [-0.39, 0.29) is 23.2 Å². The molecule has 5 rings (SSSR count). The lowest BCUT2D eigenvalue weighted by atomic mass is 9.87. The maximum absolute atomic E-state index is 14.9. The molecule has 0 unspecified atom stereocenters. The zero-order valence-corrected chi connectivity index (χ0v) is 22.0. The minimum atomic E-state index is -0.388. The second-order valence-corrected chi connectivity index (χ2v) is 11.8. The van der Waals surface area contributed by atoms with E-state index in [2.05, 4.69) is 54.9 Å². The van der Waals surface area contributed by atoms with Gasteiger partial charge in [0.15, 0.2) is 0 Å². The molecular weight excluding hydrogens is 471 g/mol. The fourth-order valence-electron chi connectivity index (χ4n) is 4.52. The fraction of sp³-hybridized carbons (Fsp3) is 0.414. The number of hydrogen-bond donors (Lipinski definition) is 0. The summed E-state index contributed by atoms with van der Waals surface area (Å²) in [5.74, 6) is 2.03. The number of benzene rings is 2. The van der Waals surface area contributed by atoms with Crippen LogP contribution in [0.5, 0.6) is 0 Å². The molecule has 1 saturated heterocycles. The number of thioether (sulfide) groups is 1. The van der Waals surface area contributed by atoms with Gasteiger partial charge in [-0.2, -0.15) is 11.8 Å². The Kier molecular flexibility index (Phi) is 7.02. The Hall–Kier alpha value is -2.93. The highest BCUT2D eigenvalue weighted by Gasteiger charge is 2.35. The van der Waals surface area contributed by atoms with E-state index in [1.165, 1.54) is 11.6 Å². The number of carbonyl (C=O) groups excluding carboxylic acids is 1. The quantitative estimate of drug-likeness (QED) is 0.416. The Balaban J connectivity index is 1.49. The van der Waals surface area contributed by atoms with Crippen molar-refractivity contribution in [3.8, 4) is 11.3 Å². The monoisotopic (exact) mass is 504 g/mol. The van der Waals surface area contributed by atoms with Crippen LogP contribution in [0.15, 0.2) is 54.7 Å². The summed E-state index contributed by atoms with van der Waals surface area (Å²) in [7, 11) is 0. The molecule has 1 aromatic heterocycles. The second-order valence-electron chi connectivity index (χ2n) is 10.6. The summed E-state index contributed by atoms with van der Waals surface area (Å²) in [5.41, 5.74) is 3.48. The number of halogens is 1. The number of amides is 1. The average Bonchev–Trinajstić information content (AvgIpc) is 3.73. The Morgan fingerprint density at radius 3 is 2.42 bits per heavy atom. The first-order valence-electron chi connectivity index (χ1n) is 12.7. The van der Waals surface area contributed by atoms with E-state index < -0.39 is 0 Å². The largest absolute Gasteiger partial charge is 0.339 e. The maximum atomic E-state index is 14.9. The molecule has 0 radical (unpaired) electrons. The topological polar surface area (TPSA) is 49.3 Å². The molecule has 0 spiro atoms. The van der Waals surface area contributed by atoms with Gasteiger partial charge in [-0.05, 0) is 41.5 Å². The molecule has 2 fully saturated rings. The lowest BCUT2D eigenvalue weighted by molar-refractivity contribution is 0.0730. The van der Waals surface area contributed by atoms with Crippen LogP contribution >= 0.6 is 11.8 Å². The molecule has 2 aliphatic rings. The van der Waals surface area contributed by atoms with E-state index in [0.29, 0.717) is 29.3 Å². The number of carbonyl (C=O) groups is 1. The molecular formula is C29H33FN4OS. The Bertz CT molecular complexity index is 1230. The van der Waals surface area contributed by atoms with Crippen LogP contribution in [0.25, 0.3) is 11.3 Å². The van der Waals surface area contributed by atoms with Crippen LogP contribution in [0.3, 0.4) is 0 Å². The Morgan fingerprint density at radius 2 is 1.78 bits per heavy atom. The maximum Gasteiger partial charge on any atom is 0.258 e. The first kappa shape index (κ1) is 24.8. The molecule has 1 aliphatic heterocycles. The van der Waals surface area contributed by atoms with Gasteiger partial charge in [-0.25, -0.2) is 14.4 Å². The number of aromatic nitrogens is 2. The van der Waals surface area contributed by atoms with E-state index in [1.807, 2.05) is 16.7 Å². The molecule has 5 nitrogen and oxygen atoms in total. The molecule has 3 aromatic rings. The predicted molar refractivity (Wildman–Crippen MR) is 145 cm³/mol. The minimum Gasteiger partial charge on any atom is -0.339 e. The summed E-state index contributed by atoms with van der Waals surface area (Å²) in [6.45, 7) is 8.77. The van der Waals surface area contributed by atoms with Crippen LogP contribution in [0, 0.1) is 5.82 Å². The molecule has 2 aromatic carbocycles. The lowest BCUT2D eigenvalue weighted by Gasteiger charge is -2.28. The van der Waals surface area contributed by atoms with Gasteiger partial charge in [0.2, 0.25) is 5.95 Å². The van der Waals surface area contributed by atoms with E-state index in [1.54, 1.807) is 24.4 Å². The fourth-order valence-corrected chi connectivity index (χ4v) is 5.42. The lowest BCUT2D eigenvalue weighted by Crippen LogP contribution is -2.35. The van der Waals surface area contributed by atoms with Crippen molar-refractivity contribution >= 4 is 23.6 Å². The van der Waals surface area contributed by atoms with Crippen molar-refractivity contribution in [3.63, 3.8) is 0 Å². The summed E-state index contributed by atoms with van der Waals surface area (Å²) >= 11 is 1.90. The van der Waals surface area contributed by atoms with Gasteiger partial charge in [0, 0.05) is 48.9 Å². The van der Waals surface area contributed by atoms with Crippen LogP contribution < -0.4 is 4.90 Å². The van der Waals surface area contributed by atoms with Gasteiger partial charge in [0.25, 0.3) is 5.91 Å². The van der Waals surface area contributed by atoms with Crippen LogP contribution in [0.4, 0.5) is 10.3 Å². The Labute approximate surface area is 217 Å². The zero-order chi connectivity index (χ0) is 25.3. The molecule has 188 valence electrons. The first-order chi connectivity index (χ1) is 17.3. The predicted octanol–water partition coefficient (Wildman–Crippen LogP) is 5.94. The molecule has 36 heavy (non-hydrogen) atoms. The van der Waals surface area contributed by atoms with Crippen LogP contribution in [0.2, 0.25) is 0 Å². The number of hydrogen-bond acceptors (Lipinski definition) is 5. The van der Waals surface area contributed by atoms with Crippen molar-refractivity contribution < 1.29 is 9.18 Å². The average molecular weight is 505 g/mol. The summed E-state index contributed by atoms with van der Waals surface area (Å²) in [4.78, 5) is 27.3. The molecule has 7 heteroatoms. The first-order valence-corrected chi connectivity index (χ1v) is 13.8. The van der Waals surface area contributed by atoms with Crippen molar-refractivity contribution in [2.75, 3.05) is 29.5 Å². The van der Waals surface area contributed by atoms with Crippen molar-refractivity contribution in [3.05, 3.63) is 77.2 Å². The van der Waals surface area contributed by atoms with Gasteiger partial charge >= 0.3 is 0 Å². The van der Waals surface area contributed by atoms with Gasteiger partial charge in [0.05, 0.1) is 11.3 Å². The van der Waals surface area contributed by atoms with Crippen molar-refractivity contribution in [1.82, 2.24) is 14.9 Å². The third-order valence-electron chi connectivity index (χ3n) is 6.85. The van der Waals surface area contributed by atoms with Gasteiger partial charge < -0.3 is 9.80 Å². The third-order valence-corrected chi connectivity index (χ3v) is 7.79. The highest BCUT2D eigenvalue weighted by atomic mass is 32.2. The van der Waals surface area contributed by atoms with Gasteiger partial charge in [-0.3, -0.25) is 4.79 Å². The SMILES string of the molecule is CC(C)(C)c1ccc(CN(C(=O)c2cnc(N3CCSCC3)nc2-c2ccccc2F)C2CC2)cc1. The highest BCUT2D eigenvalue weighted by molar-refractivity contribution is 7.99.